The van der Waals surface area contributed by atoms with Crippen LogP contribution in [0.2, 0.25) is 0 Å². The Morgan fingerprint density at radius 1 is 1.00 bits per heavy atom. The fourth-order valence-electron chi connectivity index (χ4n) is 2.50. The zero-order valence-corrected chi connectivity index (χ0v) is 16.5. The second-order valence-corrected chi connectivity index (χ2v) is 8.81. The summed E-state index contributed by atoms with van der Waals surface area (Å²) < 4.78 is 12.0. The topological polar surface area (TPSA) is 9.23 Å². The molecule has 1 aromatic carbocycles. The molecule has 0 saturated heterocycles. The standard InChI is InChI=1S/C9H13.C6H6O.CH2.2ClH.Zr/c1-6-5-7(2)9(4)8(6)3;7-6-4-2-1-3-5-6;;;;/h6H,1-4H3;1-5,7H;1H2;2*1H;/q;;;;;+1/p-1. The van der Waals surface area contributed by atoms with Crippen molar-refractivity contribution in [1.29, 1.82) is 0 Å². The van der Waals surface area contributed by atoms with E-state index in [1.807, 2.05) is 30.3 Å². The van der Waals surface area contributed by atoms with Crippen LogP contribution in [0.15, 0.2) is 50.3 Å². The summed E-state index contributed by atoms with van der Waals surface area (Å²) in [5, 5.41) is 0. The van der Waals surface area contributed by atoms with Crippen molar-refractivity contribution < 1.29 is 24.5 Å². The maximum absolute atomic E-state index is 6.14. The summed E-state index contributed by atoms with van der Waals surface area (Å²) in [5.74, 6) is 1.50. The van der Waals surface area contributed by atoms with Crippen molar-refractivity contribution in [3.63, 3.8) is 0 Å². The van der Waals surface area contributed by atoms with Gasteiger partial charge in [0.2, 0.25) is 0 Å². The second-order valence-electron chi connectivity index (χ2n) is 4.91. The van der Waals surface area contributed by atoms with Gasteiger partial charge in [-0.3, -0.25) is 0 Å². The zero-order chi connectivity index (χ0) is 13.3. The quantitative estimate of drug-likeness (QED) is 0.693. The summed E-state index contributed by atoms with van der Waals surface area (Å²) in [6.07, 6.45) is 0. The Hall–Kier alpha value is -0.167. The molecule has 0 aromatic heterocycles. The van der Waals surface area contributed by atoms with Gasteiger partial charge in [0.15, 0.2) is 0 Å². The fraction of sp³-hybridized carbons (Fsp3) is 0.312. The first kappa shape index (κ1) is 19.8. The summed E-state index contributed by atoms with van der Waals surface area (Å²) in [4.78, 5) is 0. The van der Waals surface area contributed by atoms with Gasteiger partial charge in [0, 0.05) is 0 Å². The van der Waals surface area contributed by atoms with E-state index in [0.29, 0.717) is 5.92 Å². The molecule has 1 aromatic rings. The van der Waals surface area contributed by atoms with Crippen LogP contribution in [0.3, 0.4) is 0 Å². The molecule has 1 nitrogen and oxygen atoms in total. The third-order valence-corrected chi connectivity index (χ3v) is 8.57. The van der Waals surface area contributed by atoms with Gasteiger partial charge in [0.05, 0.1) is 0 Å². The van der Waals surface area contributed by atoms with Gasteiger partial charge in [0.1, 0.15) is 0 Å². The number of allylic oxidation sites excluding steroid dienone is 4. The van der Waals surface area contributed by atoms with E-state index >= 15 is 0 Å². The molecule has 2 rings (SSSR count). The van der Waals surface area contributed by atoms with Gasteiger partial charge in [0.25, 0.3) is 0 Å². The monoisotopic (exact) mass is 390 g/mol. The van der Waals surface area contributed by atoms with Crippen molar-refractivity contribution in [3.05, 3.63) is 50.3 Å². The maximum atomic E-state index is 6.14. The van der Waals surface area contributed by atoms with Crippen molar-refractivity contribution in [1.82, 2.24) is 0 Å². The van der Waals surface area contributed by atoms with E-state index in [4.69, 9.17) is 2.81 Å². The summed E-state index contributed by atoms with van der Waals surface area (Å²) in [5.41, 5.74) is 4.36. The molecular formula is C16H22Cl2OZr. The first-order valence-corrected chi connectivity index (χ1v) is 10.3. The minimum absolute atomic E-state index is 0. The van der Waals surface area contributed by atoms with Gasteiger partial charge >= 0.3 is 118 Å². The average molecular weight is 392 g/mol. The summed E-state index contributed by atoms with van der Waals surface area (Å²) in [6.45, 7) is 8.95. The molecule has 0 saturated carbocycles. The predicted octanol–water partition coefficient (Wildman–Crippen LogP) is 5.13. The first-order valence-electron chi connectivity index (χ1n) is 6.33. The molecule has 1 unspecified atom stereocenters. The number of benzene rings is 1. The molecule has 0 heterocycles. The Kier molecular flexibility index (Phi) is 8.25. The van der Waals surface area contributed by atoms with Crippen LogP contribution in [0.4, 0.5) is 0 Å². The number of hydrogen-bond donors (Lipinski definition) is 0. The van der Waals surface area contributed by atoms with Crippen LogP contribution >= 0.6 is 24.8 Å². The van der Waals surface area contributed by atoms with Crippen LogP contribution < -0.4 is 2.81 Å². The number of halogens is 2. The van der Waals surface area contributed by atoms with Gasteiger partial charge in [-0.2, -0.15) is 0 Å². The fourth-order valence-corrected chi connectivity index (χ4v) is 7.01. The molecule has 0 bridgehead atoms. The predicted molar refractivity (Wildman–Crippen MR) is 88.9 cm³/mol. The van der Waals surface area contributed by atoms with Crippen LogP contribution in [0.5, 0.6) is 5.75 Å². The average Bonchev–Trinajstić information content (AvgIpc) is 2.55. The van der Waals surface area contributed by atoms with Gasteiger partial charge in [-0.25, -0.2) is 0 Å². The second kappa shape index (κ2) is 8.32. The molecule has 0 amide bonds. The van der Waals surface area contributed by atoms with Gasteiger partial charge in [-0.15, -0.1) is 24.8 Å². The van der Waals surface area contributed by atoms with Gasteiger partial charge in [-0.05, 0) is 0 Å². The van der Waals surface area contributed by atoms with Crippen molar-refractivity contribution >= 4 is 29.0 Å². The molecule has 110 valence electrons. The molecule has 20 heavy (non-hydrogen) atoms. The Morgan fingerprint density at radius 3 is 2.00 bits per heavy atom. The van der Waals surface area contributed by atoms with E-state index in [9.17, 15) is 0 Å². The minimum atomic E-state index is -2.20. The van der Waals surface area contributed by atoms with E-state index in [1.165, 1.54) is 20.0 Å². The third kappa shape index (κ3) is 3.94. The van der Waals surface area contributed by atoms with Crippen LogP contribution in [-0.4, -0.2) is 4.21 Å². The van der Waals surface area contributed by atoms with Crippen molar-refractivity contribution in [2.75, 3.05) is 0 Å². The molecule has 0 radical (unpaired) electrons. The Labute approximate surface area is 142 Å². The Balaban J connectivity index is 0.00000180. The van der Waals surface area contributed by atoms with E-state index < -0.39 is 21.7 Å². The zero-order valence-electron chi connectivity index (χ0n) is 12.4. The van der Waals surface area contributed by atoms with Crippen molar-refractivity contribution in [2.45, 2.75) is 27.7 Å². The summed E-state index contributed by atoms with van der Waals surface area (Å²) in [7, 11) is 0. The molecule has 0 aliphatic heterocycles. The first-order chi connectivity index (χ1) is 8.52. The van der Waals surface area contributed by atoms with Crippen LogP contribution in [0.25, 0.3) is 0 Å². The van der Waals surface area contributed by atoms with E-state index in [-0.39, 0.29) is 24.8 Å². The number of para-hydroxylation sites is 1. The van der Waals surface area contributed by atoms with Gasteiger partial charge < -0.3 is 0 Å². The van der Waals surface area contributed by atoms with Crippen LogP contribution in [0.1, 0.15) is 27.7 Å². The molecule has 4 heteroatoms. The molecule has 1 aliphatic carbocycles. The Bertz CT molecular complexity index is 547. The normalized spacial score (nSPS) is 17.5. The molecule has 1 aliphatic rings. The summed E-state index contributed by atoms with van der Waals surface area (Å²) in [6, 6.07) is 10.1. The van der Waals surface area contributed by atoms with E-state index in [1.54, 1.807) is 0 Å². The molecule has 0 fully saturated rings. The molecular weight excluding hydrogens is 370 g/mol. The SMILES string of the molecule is Cl.Cl.[CH2]=[Zr]([O]c1ccccc1)[C]1=C(C)C(C)=C(C)C1C. The number of hydrogen-bond acceptors (Lipinski definition) is 1. The Morgan fingerprint density at radius 2 is 1.55 bits per heavy atom. The summed E-state index contributed by atoms with van der Waals surface area (Å²) >= 11 is -2.20. The number of rotatable bonds is 3. The van der Waals surface area contributed by atoms with Crippen molar-refractivity contribution in [3.8, 4) is 5.75 Å². The van der Waals surface area contributed by atoms with Crippen LogP contribution in [-0.2, 0) is 21.7 Å². The molecule has 0 spiro atoms. The van der Waals surface area contributed by atoms with Gasteiger partial charge in [-0.1, -0.05) is 0 Å². The van der Waals surface area contributed by atoms with Crippen LogP contribution in [0, 0.1) is 5.92 Å². The molecule has 1 atom stereocenters. The van der Waals surface area contributed by atoms with E-state index in [2.05, 4.69) is 31.9 Å². The van der Waals surface area contributed by atoms with E-state index in [0.717, 1.165) is 5.75 Å². The van der Waals surface area contributed by atoms with Crippen molar-refractivity contribution in [2.24, 2.45) is 5.92 Å². The molecule has 0 N–H and O–H groups in total. The third-order valence-electron chi connectivity index (χ3n) is 3.93.